The summed E-state index contributed by atoms with van der Waals surface area (Å²) in [7, 11) is 0. The van der Waals surface area contributed by atoms with Crippen molar-refractivity contribution < 1.29 is 24.6 Å². The van der Waals surface area contributed by atoms with Crippen molar-refractivity contribution in [3.05, 3.63) is 47.5 Å². The van der Waals surface area contributed by atoms with Gasteiger partial charge in [-0.25, -0.2) is 0 Å². The van der Waals surface area contributed by atoms with Crippen molar-refractivity contribution in [2.45, 2.75) is 76.7 Å². The molecule has 0 amide bonds. The predicted octanol–water partition coefficient (Wildman–Crippen LogP) is 4.74. The SMILES string of the molecule is CCCCCC(O)c1cccc(C2C(=O)C(=O)C[C@@H]2C/C=C\CCCC(=O)O)c1. The Kier molecular flexibility index (Phi) is 9.26. The lowest BCUT2D eigenvalue weighted by Crippen LogP contribution is -2.15. The lowest BCUT2D eigenvalue weighted by Gasteiger charge is -2.19. The van der Waals surface area contributed by atoms with E-state index in [1.165, 1.54) is 0 Å². The number of ketones is 2. The monoisotopic (exact) mass is 400 g/mol. The topological polar surface area (TPSA) is 91.7 Å². The molecule has 2 N–H and O–H groups in total. The van der Waals surface area contributed by atoms with Gasteiger partial charge in [0.1, 0.15) is 0 Å². The number of rotatable bonds is 12. The van der Waals surface area contributed by atoms with Crippen LogP contribution in [0.25, 0.3) is 0 Å². The summed E-state index contributed by atoms with van der Waals surface area (Å²) in [5.74, 6) is -2.02. The number of carboxylic acid groups (broad SMARTS) is 1. The second-order valence-corrected chi connectivity index (χ2v) is 7.90. The lowest BCUT2D eigenvalue weighted by molar-refractivity contribution is -0.137. The van der Waals surface area contributed by atoms with Crippen LogP contribution in [-0.4, -0.2) is 27.7 Å². The Morgan fingerprint density at radius 1 is 1.21 bits per heavy atom. The second-order valence-electron chi connectivity index (χ2n) is 7.90. The molecule has 29 heavy (non-hydrogen) atoms. The van der Waals surface area contributed by atoms with E-state index in [9.17, 15) is 19.5 Å². The van der Waals surface area contributed by atoms with Gasteiger partial charge in [0.2, 0.25) is 5.78 Å². The molecule has 1 aromatic carbocycles. The summed E-state index contributed by atoms with van der Waals surface area (Å²) in [5.41, 5.74) is 1.60. The van der Waals surface area contributed by atoms with E-state index in [2.05, 4.69) is 6.92 Å². The highest BCUT2D eigenvalue weighted by atomic mass is 16.4. The molecular formula is C24H32O5. The van der Waals surface area contributed by atoms with Crippen molar-refractivity contribution in [2.24, 2.45) is 5.92 Å². The second kappa shape index (κ2) is 11.7. The third-order valence-electron chi connectivity index (χ3n) is 5.58. The number of Topliss-reactive ketones (excluding diaryl/α,β-unsaturated/α-hetero) is 2. The van der Waals surface area contributed by atoms with Gasteiger partial charge in [-0.05, 0) is 42.7 Å². The van der Waals surface area contributed by atoms with Crippen molar-refractivity contribution in [1.82, 2.24) is 0 Å². The fraction of sp³-hybridized carbons (Fsp3) is 0.542. The lowest BCUT2D eigenvalue weighted by atomic mass is 9.85. The van der Waals surface area contributed by atoms with Gasteiger partial charge in [0.05, 0.1) is 12.0 Å². The van der Waals surface area contributed by atoms with Gasteiger partial charge in [-0.15, -0.1) is 0 Å². The zero-order chi connectivity index (χ0) is 21.2. The van der Waals surface area contributed by atoms with Gasteiger partial charge in [-0.2, -0.15) is 0 Å². The summed E-state index contributed by atoms with van der Waals surface area (Å²) in [4.78, 5) is 35.1. The first kappa shape index (κ1) is 23.0. The number of allylic oxidation sites excluding steroid dienone is 2. The number of carbonyl (C=O) groups is 3. The van der Waals surface area contributed by atoms with E-state index in [0.29, 0.717) is 25.7 Å². The molecule has 3 atom stereocenters. The predicted molar refractivity (Wildman–Crippen MR) is 112 cm³/mol. The summed E-state index contributed by atoms with van der Waals surface area (Å²) in [6.07, 6.45) is 9.39. The number of hydrogen-bond acceptors (Lipinski definition) is 4. The molecule has 1 aliphatic rings. The Hall–Kier alpha value is -2.27. The standard InChI is InChI=1S/C24H32O5/c1-2-3-6-13-20(25)17-11-9-12-18(15-17)23-19(16-21(26)24(23)29)10-7-4-5-8-14-22(27)28/h4,7,9,11-12,15,19-20,23,25H,2-3,5-6,8,10,13-14,16H2,1H3,(H,27,28)/b7-4-/t19-,20?,23?/m0/s1. The van der Waals surface area contributed by atoms with Crippen LogP contribution in [0, 0.1) is 5.92 Å². The summed E-state index contributed by atoms with van der Waals surface area (Å²) in [5, 5.41) is 19.1. The summed E-state index contributed by atoms with van der Waals surface area (Å²) < 4.78 is 0. The maximum absolute atomic E-state index is 12.5. The van der Waals surface area contributed by atoms with Crippen molar-refractivity contribution in [3.63, 3.8) is 0 Å². The Morgan fingerprint density at radius 3 is 2.72 bits per heavy atom. The molecular weight excluding hydrogens is 368 g/mol. The van der Waals surface area contributed by atoms with E-state index >= 15 is 0 Å². The van der Waals surface area contributed by atoms with Crippen molar-refractivity contribution in [3.8, 4) is 0 Å². The molecule has 0 aromatic heterocycles. The van der Waals surface area contributed by atoms with Gasteiger partial charge in [-0.1, -0.05) is 62.6 Å². The fourth-order valence-electron chi connectivity index (χ4n) is 3.96. The maximum Gasteiger partial charge on any atom is 0.303 e. The molecule has 5 nitrogen and oxygen atoms in total. The van der Waals surface area contributed by atoms with Crippen molar-refractivity contribution >= 4 is 17.5 Å². The molecule has 0 saturated heterocycles. The average molecular weight is 401 g/mol. The van der Waals surface area contributed by atoms with E-state index in [1.54, 1.807) is 0 Å². The Labute approximate surface area is 172 Å². The normalized spacial score (nSPS) is 20.5. The van der Waals surface area contributed by atoms with Crippen molar-refractivity contribution in [1.29, 1.82) is 0 Å². The van der Waals surface area contributed by atoms with Gasteiger partial charge in [0, 0.05) is 12.8 Å². The quantitative estimate of drug-likeness (QED) is 0.300. The van der Waals surface area contributed by atoms with Crippen LogP contribution in [0.4, 0.5) is 0 Å². The highest BCUT2D eigenvalue weighted by Crippen LogP contribution is 2.38. The Bertz CT molecular complexity index is 737. The first-order chi connectivity index (χ1) is 13.9. The Balaban J connectivity index is 2.04. The van der Waals surface area contributed by atoms with E-state index in [1.807, 2.05) is 36.4 Å². The third kappa shape index (κ3) is 6.93. The van der Waals surface area contributed by atoms with Crippen LogP contribution in [0.2, 0.25) is 0 Å². The van der Waals surface area contributed by atoms with E-state index in [4.69, 9.17) is 5.11 Å². The number of unbranched alkanes of at least 4 members (excludes halogenated alkanes) is 3. The minimum Gasteiger partial charge on any atom is -0.481 e. The van der Waals surface area contributed by atoms with Gasteiger partial charge < -0.3 is 10.2 Å². The van der Waals surface area contributed by atoms with Gasteiger partial charge in [0.25, 0.3) is 0 Å². The summed E-state index contributed by atoms with van der Waals surface area (Å²) in [6, 6.07) is 7.47. The largest absolute Gasteiger partial charge is 0.481 e. The molecule has 2 unspecified atom stereocenters. The molecule has 0 spiro atoms. The molecule has 0 radical (unpaired) electrons. The smallest absolute Gasteiger partial charge is 0.303 e. The fourth-order valence-corrected chi connectivity index (χ4v) is 3.96. The Morgan fingerprint density at radius 2 is 2.00 bits per heavy atom. The summed E-state index contributed by atoms with van der Waals surface area (Å²) in [6.45, 7) is 2.12. The van der Waals surface area contributed by atoms with Crippen LogP contribution in [0.5, 0.6) is 0 Å². The zero-order valence-corrected chi connectivity index (χ0v) is 17.2. The van der Waals surface area contributed by atoms with Gasteiger partial charge in [-0.3, -0.25) is 14.4 Å². The molecule has 1 aromatic rings. The molecule has 5 heteroatoms. The highest BCUT2D eigenvalue weighted by molar-refractivity contribution is 6.41. The van der Waals surface area contributed by atoms with Crippen LogP contribution in [-0.2, 0) is 14.4 Å². The maximum atomic E-state index is 12.5. The minimum atomic E-state index is -0.804. The van der Waals surface area contributed by atoms with Crippen LogP contribution < -0.4 is 0 Å². The average Bonchev–Trinajstić information content (AvgIpc) is 2.98. The zero-order valence-electron chi connectivity index (χ0n) is 17.2. The molecule has 0 bridgehead atoms. The number of aliphatic carboxylic acids is 1. The molecule has 1 fully saturated rings. The molecule has 1 saturated carbocycles. The minimum absolute atomic E-state index is 0.0850. The van der Waals surface area contributed by atoms with Gasteiger partial charge in [0.15, 0.2) is 5.78 Å². The van der Waals surface area contributed by atoms with Crippen LogP contribution >= 0.6 is 0 Å². The van der Waals surface area contributed by atoms with E-state index in [-0.39, 0.29) is 30.3 Å². The summed E-state index contributed by atoms with van der Waals surface area (Å²) >= 11 is 0. The van der Waals surface area contributed by atoms with E-state index < -0.39 is 18.0 Å². The number of carboxylic acids is 1. The molecule has 2 rings (SSSR count). The molecule has 1 aliphatic carbocycles. The molecule has 158 valence electrons. The number of hydrogen-bond donors (Lipinski definition) is 2. The van der Waals surface area contributed by atoms with Crippen molar-refractivity contribution in [2.75, 3.05) is 0 Å². The van der Waals surface area contributed by atoms with Crippen LogP contribution in [0.1, 0.15) is 87.9 Å². The van der Waals surface area contributed by atoms with Crippen LogP contribution in [0.15, 0.2) is 36.4 Å². The first-order valence-electron chi connectivity index (χ1n) is 10.7. The first-order valence-corrected chi connectivity index (χ1v) is 10.7. The third-order valence-corrected chi connectivity index (χ3v) is 5.58. The number of benzene rings is 1. The molecule has 0 aliphatic heterocycles. The number of aliphatic hydroxyl groups is 1. The van der Waals surface area contributed by atoms with E-state index in [0.717, 1.165) is 30.4 Å². The molecule has 0 heterocycles. The number of carbonyl (C=O) groups excluding carboxylic acids is 2. The van der Waals surface area contributed by atoms with Gasteiger partial charge >= 0.3 is 5.97 Å². The van der Waals surface area contributed by atoms with Crippen LogP contribution in [0.3, 0.4) is 0 Å². The number of aliphatic hydroxyl groups excluding tert-OH is 1. The highest BCUT2D eigenvalue weighted by Gasteiger charge is 2.41.